The van der Waals surface area contributed by atoms with Crippen LogP contribution in [-0.4, -0.2) is 53.2 Å². The van der Waals surface area contributed by atoms with Gasteiger partial charge in [-0.05, 0) is 49.7 Å². The number of hydrogen-bond donors (Lipinski definition) is 0. The number of imide groups is 1. The standard InChI is InChI=1S/C23H20FN3O6/c1-33-17-9-8-14(27(31)32)11-16(17)26-22(29)18-15-3-2-10-25(15)20(19(18)23(26)30)21(28)12-4-6-13(24)7-5-12/h4-9,11,15,18-20H,2-3,10H2,1H3/t15-,18+,19-,20+/m1/s1. The number of nitro benzene ring substituents is 1. The summed E-state index contributed by atoms with van der Waals surface area (Å²) in [6.45, 7) is 0.579. The van der Waals surface area contributed by atoms with E-state index in [0.29, 0.717) is 13.0 Å². The van der Waals surface area contributed by atoms with E-state index in [2.05, 4.69) is 0 Å². The Kier molecular flexibility index (Phi) is 4.97. The lowest BCUT2D eigenvalue weighted by atomic mass is 9.85. The Bertz CT molecular complexity index is 1180. The van der Waals surface area contributed by atoms with Crippen LogP contribution in [0.3, 0.4) is 0 Å². The van der Waals surface area contributed by atoms with Gasteiger partial charge < -0.3 is 4.74 Å². The average molecular weight is 453 g/mol. The fourth-order valence-corrected chi connectivity index (χ4v) is 5.50. The number of carbonyl (C=O) groups is 3. The fourth-order valence-electron chi connectivity index (χ4n) is 5.50. The molecule has 0 aliphatic carbocycles. The number of hydrogen-bond acceptors (Lipinski definition) is 7. The van der Waals surface area contributed by atoms with E-state index in [0.717, 1.165) is 17.4 Å². The van der Waals surface area contributed by atoms with E-state index in [9.17, 15) is 28.9 Å². The van der Waals surface area contributed by atoms with Gasteiger partial charge in [-0.15, -0.1) is 0 Å². The lowest BCUT2D eigenvalue weighted by Gasteiger charge is -2.28. The molecule has 0 spiro atoms. The van der Waals surface area contributed by atoms with Crippen LogP contribution in [0.15, 0.2) is 42.5 Å². The van der Waals surface area contributed by atoms with Crippen LogP contribution in [-0.2, 0) is 9.59 Å². The summed E-state index contributed by atoms with van der Waals surface area (Å²) >= 11 is 0. The van der Waals surface area contributed by atoms with E-state index in [1.807, 2.05) is 4.90 Å². The Morgan fingerprint density at radius 3 is 2.48 bits per heavy atom. The highest BCUT2D eigenvalue weighted by atomic mass is 19.1. The summed E-state index contributed by atoms with van der Waals surface area (Å²) in [5.41, 5.74) is -0.0298. The SMILES string of the molecule is COc1ccc([N+](=O)[O-])cc1N1C(=O)[C@@H]2[C@@H](C1=O)[C@@H](C(=O)c1ccc(F)cc1)N1CCC[C@H]21. The molecule has 3 aliphatic heterocycles. The van der Waals surface area contributed by atoms with Crippen LogP contribution in [0.1, 0.15) is 23.2 Å². The molecule has 170 valence electrons. The highest BCUT2D eigenvalue weighted by Crippen LogP contribution is 2.50. The maximum atomic E-state index is 13.6. The van der Waals surface area contributed by atoms with Crippen LogP contribution in [0, 0.1) is 27.8 Å². The predicted octanol–water partition coefficient (Wildman–Crippen LogP) is 2.58. The molecule has 10 heteroatoms. The van der Waals surface area contributed by atoms with Gasteiger partial charge in [-0.2, -0.15) is 0 Å². The van der Waals surface area contributed by atoms with Crippen molar-refractivity contribution in [1.29, 1.82) is 0 Å². The second-order valence-corrected chi connectivity index (χ2v) is 8.44. The molecule has 2 amide bonds. The summed E-state index contributed by atoms with van der Waals surface area (Å²) in [7, 11) is 1.34. The van der Waals surface area contributed by atoms with Crippen LogP contribution < -0.4 is 9.64 Å². The number of halogens is 1. The number of methoxy groups -OCH3 is 1. The van der Waals surface area contributed by atoms with Crippen molar-refractivity contribution in [3.05, 3.63) is 64.0 Å². The zero-order valence-corrected chi connectivity index (χ0v) is 17.6. The van der Waals surface area contributed by atoms with E-state index >= 15 is 0 Å². The normalized spacial score (nSPS) is 26.4. The van der Waals surface area contributed by atoms with Gasteiger partial charge in [0.05, 0.1) is 29.9 Å². The molecule has 5 rings (SSSR count). The maximum Gasteiger partial charge on any atom is 0.271 e. The highest BCUT2D eigenvalue weighted by molar-refractivity contribution is 6.25. The molecule has 3 aliphatic rings. The van der Waals surface area contributed by atoms with Crippen molar-refractivity contribution in [2.24, 2.45) is 11.8 Å². The van der Waals surface area contributed by atoms with Crippen molar-refractivity contribution >= 4 is 29.0 Å². The minimum absolute atomic E-state index is 0.00590. The molecule has 9 nitrogen and oxygen atoms in total. The second kappa shape index (κ2) is 7.73. The van der Waals surface area contributed by atoms with E-state index in [-0.39, 0.29) is 34.5 Å². The van der Waals surface area contributed by atoms with E-state index in [1.165, 1.54) is 43.5 Å². The second-order valence-electron chi connectivity index (χ2n) is 8.44. The van der Waals surface area contributed by atoms with E-state index < -0.39 is 40.4 Å². The third-order valence-electron chi connectivity index (χ3n) is 6.86. The largest absolute Gasteiger partial charge is 0.495 e. The van der Waals surface area contributed by atoms with Crippen molar-refractivity contribution in [1.82, 2.24) is 4.90 Å². The number of benzene rings is 2. The monoisotopic (exact) mass is 453 g/mol. The summed E-state index contributed by atoms with van der Waals surface area (Å²) in [4.78, 5) is 54.1. The first kappa shape index (κ1) is 21.2. The number of nitro groups is 1. The molecule has 3 heterocycles. The van der Waals surface area contributed by atoms with Crippen LogP contribution in [0.2, 0.25) is 0 Å². The predicted molar refractivity (Wildman–Crippen MR) is 113 cm³/mol. The molecule has 0 aromatic heterocycles. The van der Waals surface area contributed by atoms with Crippen molar-refractivity contribution in [2.45, 2.75) is 24.9 Å². The van der Waals surface area contributed by atoms with E-state index in [4.69, 9.17) is 4.74 Å². The van der Waals surface area contributed by atoms with Crippen molar-refractivity contribution in [2.75, 3.05) is 18.6 Å². The summed E-state index contributed by atoms with van der Waals surface area (Å²) in [6.07, 6.45) is 1.44. The molecule has 2 aromatic carbocycles. The van der Waals surface area contributed by atoms with Gasteiger partial charge in [-0.3, -0.25) is 29.4 Å². The molecule has 0 N–H and O–H groups in total. The number of anilines is 1. The molecule has 0 radical (unpaired) electrons. The first-order valence-electron chi connectivity index (χ1n) is 10.6. The van der Waals surface area contributed by atoms with Gasteiger partial charge in [0, 0.05) is 23.7 Å². The van der Waals surface area contributed by atoms with Gasteiger partial charge in [0.25, 0.3) is 5.69 Å². The Balaban J connectivity index is 1.58. The summed E-state index contributed by atoms with van der Waals surface area (Å²) in [6, 6.07) is 7.68. The summed E-state index contributed by atoms with van der Waals surface area (Å²) < 4.78 is 18.7. The lowest BCUT2D eigenvalue weighted by Crippen LogP contribution is -2.46. The number of Topliss-reactive ketones (excluding diaryl/α,β-unsaturated/α-hetero) is 1. The first-order chi connectivity index (χ1) is 15.8. The van der Waals surface area contributed by atoms with Crippen molar-refractivity contribution in [3.8, 4) is 5.75 Å². The molecule has 0 saturated carbocycles. The fraction of sp³-hybridized carbons (Fsp3) is 0.348. The minimum atomic E-state index is -0.927. The van der Waals surface area contributed by atoms with Gasteiger partial charge >= 0.3 is 0 Å². The number of ether oxygens (including phenoxy) is 1. The van der Waals surface area contributed by atoms with E-state index in [1.54, 1.807) is 0 Å². The molecular weight excluding hydrogens is 433 g/mol. The van der Waals surface area contributed by atoms with Crippen LogP contribution in [0.25, 0.3) is 0 Å². The number of amides is 2. The number of ketones is 1. The number of fused-ring (bicyclic) bond motifs is 3. The van der Waals surface area contributed by atoms with Crippen LogP contribution in [0.5, 0.6) is 5.75 Å². The molecule has 33 heavy (non-hydrogen) atoms. The molecular formula is C23H20FN3O6. The molecule has 3 fully saturated rings. The Hall–Kier alpha value is -3.66. The van der Waals surface area contributed by atoms with Gasteiger partial charge in [-0.25, -0.2) is 9.29 Å². The maximum absolute atomic E-state index is 13.6. The third-order valence-corrected chi connectivity index (χ3v) is 6.86. The molecule has 4 atom stereocenters. The number of nitrogens with zero attached hydrogens (tertiary/aromatic N) is 3. The third kappa shape index (κ3) is 3.12. The quantitative estimate of drug-likeness (QED) is 0.296. The summed E-state index contributed by atoms with van der Waals surface area (Å²) in [5.74, 6) is -3.42. The molecule has 0 unspecified atom stereocenters. The van der Waals surface area contributed by atoms with Gasteiger partial charge in [0.2, 0.25) is 11.8 Å². The van der Waals surface area contributed by atoms with Gasteiger partial charge in [-0.1, -0.05) is 0 Å². The Labute approximate surface area is 187 Å². The van der Waals surface area contributed by atoms with Crippen LogP contribution >= 0.6 is 0 Å². The molecule has 0 bridgehead atoms. The highest BCUT2D eigenvalue weighted by Gasteiger charge is 2.65. The number of rotatable bonds is 5. The zero-order chi connectivity index (χ0) is 23.4. The Morgan fingerprint density at radius 2 is 1.82 bits per heavy atom. The first-order valence-corrected chi connectivity index (χ1v) is 10.6. The number of non-ortho nitro benzene ring substituents is 1. The van der Waals surface area contributed by atoms with Crippen molar-refractivity contribution in [3.63, 3.8) is 0 Å². The molecule has 2 aromatic rings. The minimum Gasteiger partial charge on any atom is -0.495 e. The number of carbonyl (C=O) groups excluding carboxylic acids is 3. The molecule has 3 saturated heterocycles. The average Bonchev–Trinajstić information content (AvgIpc) is 3.45. The van der Waals surface area contributed by atoms with Gasteiger partial charge in [0.15, 0.2) is 5.78 Å². The van der Waals surface area contributed by atoms with Gasteiger partial charge in [0.1, 0.15) is 17.3 Å². The Morgan fingerprint density at radius 1 is 1.12 bits per heavy atom. The summed E-state index contributed by atoms with van der Waals surface area (Å²) in [5, 5.41) is 11.3. The van der Waals surface area contributed by atoms with Crippen molar-refractivity contribution < 1.29 is 28.4 Å². The topological polar surface area (TPSA) is 110 Å². The smallest absolute Gasteiger partial charge is 0.271 e. The lowest BCUT2D eigenvalue weighted by molar-refractivity contribution is -0.384. The zero-order valence-electron chi connectivity index (χ0n) is 17.6. The van der Waals surface area contributed by atoms with Crippen LogP contribution in [0.4, 0.5) is 15.8 Å².